The van der Waals surface area contributed by atoms with Crippen molar-refractivity contribution >= 4 is 11.8 Å². The molecule has 0 spiro atoms. The van der Waals surface area contributed by atoms with Crippen molar-refractivity contribution in [2.75, 3.05) is 19.9 Å². The molecule has 0 bridgehead atoms. The van der Waals surface area contributed by atoms with E-state index in [4.69, 9.17) is 10.2 Å². The molecular formula is C9H16N2O4. The third-order valence-electron chi connectivity index (χ3n) is 1.04. The number of hydrogen-bond acceptors (Lipinski definition) is 4. The minimum Gasteiger partial charge on any atom is -0.395 e. The third-order valence-corrected chi connectivity index (χ3v) is 1.04. The summed E-state index contributed by atoms with van der Waals surface area (Å²) in [6.07, 6.45) is 2.26. The van der Waals surface area contributed by atoms with Crippen LogP contribution >= 0.6 is 0 Å². The molecule has 0 aromatic carbocycles. The summed E-state index contributed by atoms with van der Waals surface area (Å²) in [4.78, 5) is 20.3. The molecule has 6 heteroatoms. The van der Waals surface area contributed by atoms with Gasteiger partial charge in [-0.1, -0.05) is 13.2 Å². The summed E-state index contributed by atoms with van der Waals surface area (Å²) in [5.41, 5.74) is 0. The lowest BCUT2D eigenvalue weighted by Crippen LogP contribution is -2.23. The van der Waals surface area contributed by atoms with E-state index < -0.39 is 0 Å². The molecule has 0 aliphatic rings. The molecule has 0 aliphatic heterocycles. The van der Waals surface area contributed by atoms with E-state index in [2.05, 4.69) is 23.8 Å². The van der Waals surface area contributed by atoms with Crippen molar-refractivity contribution < 1.29 is 19.8 Å². The van der Waals surface area contributed by atoms with Crippen LogP contribution in [-0.4, -0.2) is 41.9 Å². The molecule has 0 unspecified atom stereocenters. The number of hydrogen-bond donors (Lipinski definition) is 4. The van der Waals surface area contributed by atoms with Gasteiger partial charge in [-0.2, -0.15) is 0 Å². The van der Waals surface area contributed by atoms with E-state index in [9.17, 15) is 9.59 Å². The zero-order valence-corrected chi connectivity index (χ0v) is 8.40. The highest BCUT2D eigenvalue weighted by atomic mass is 16.3. The van der Waals surface area contributed by atoms with Crippen LogP contribution in [-0.2, 0) is 9.59 Å². The van der Waals surface area contributed by atoms with Gasteiger partial charge in [-0.25, -0.2) is 0 Å². The quantitative estimate of drug-likeness (QED) is 0.333. The predicted octanol–water partition coefficient (Wildman–Crippen LogP) is -1.48. The Kier molecular flexibility index (Phi) is 13.0. The van der Waals surface area contributed by atoms with Crippen LogP contribution in [0.1, 0.15) is 0 Å². The van der Waals surface area contributed by atoms with Crippen molar-refractivity contribution in [3.05, 3.63) is 25.3 Å². The first kappa shape index (κ1) is 15.8. The lowest BCUT2D eigenvalue weighted by Gasteiger charge is -1.94. The third kappa shape index (κ3) is 15.1. The smallest absolute Gasteiger partial charge is 0.245 e. The second kappa shape index (κ2) is 12.3. The number of aliphatic hydroxyl groups excluding tert-OH is 2. The summed E-state index contributed by atoms with van der Waals surface area (Å²) in [6, 6.07) is 0. The predicted molar refractivity (Wildman–Crippen MR) is 55.7 cm³/mol. The van der Waals surface area contributed by atoms with Crippen LogP contribution in [0.2, 0.25) is 0 Å². The SMILES string of the molecule is C=CC(=O)NCCO.C=CC(=O)NCO. The average Bonchev–Trinajstić information content (AvgIpc) is 2.26. The minimum absolute atomic E-state index is 0.0282. The second-order valence-electron chi connectivity index (χ2n) is 2.12. The van der Waals surface area contributed by atoms with Gasteiger partial charge in [0.1, 0.15) is 6.73 Å². The standard InChI is InChI=1S/C5H9NO2.C4H7NO2/c1-2-5(8)6-3-4-7;1-2-4(7)5-3-6/h2,7H,1,3-4H2,(H,6,8);2,6H,1,3H2,(H,5,7). The Hall–Kier alpha value is -1.66. The molecule has 0 saturated heterocycles. The Balaban J connectivity index is 0. The van der Waals surface area contributed by atoms with Gasteiger partial charge in [-0.15, -0.1) is 0 Å². The van der Waals surface area contributed by atoms with Gasteiger partial charge in [0.05, 0.1) is 6.61 Å². The highest BCUT2D eigenvalue weighted by Gasteiger charge is 1.87. The van der Waals surface area contributed by atoms with Crippen molar-refractivity contribution in [1.82, 2.24) is 10.6 Å². The molecule has 0 aromatic rings. The first-order valence-corrected chi connectivity index (χ1v) is 4.14. The first-order chi connectivity index (χ1) is 7.12. The summed E-state index contributed by atoms with van der Waals surface area (Å²) < 4.78 is 0. The van der Waals surface area contributed by atoms with E-state index in [0.717, 1.165) is 12.2 Å². The molecule has 6 nitrogen and oxygen atoms in total. The second-order valence-corrected chi connectivity index (χ2v) is 2.12. The van der Waals surface area contributed by atoms with Crippen molar-refractivity contribution in [2.24, 2.45) is 0 Å². The number of carbonyl (C=O) groups excluding carboxylic acids is 2. The zero-order valence-electron chi connectivity index (χ0n) is 8.40. The van der Waals surface area contributed by atoms with Crippen LogP contribution in [0.15, 0.2) is 25.3 Å². The van der Waals surface area contributed by atoms with E-state index >= 15 is 0 Å². The lowest BCUT2D eigenvalue weighted by molar-refractivity contribution is -0.118. The van der Waals surface area contributed by atoms with Crippen molar-refractivity contribution in [1.29, 1.82) is 0 Å². The van der Waals surface area contributed by atoms with Crippen molar-refractivity contribution in [3.8, 4) is 0 Å². The highest BCUT2D eigenvalue weighted by molar-refractivity contribution is 5.87. The monoisotopic (exact) mass is 216 g/mol. The molecule has 0 aliphatic carbocycles. The Morgan fingerprint density at radius 1 is 1.07 bits per heavy atom. The molecule has 0 heterocycles. The number of nitrogens with one attached hydrogen (secondary N) is 2. The van der Waals surface area contributed by atoms with E-state index in [1.165, 1.54) is 0 Å². The maximum Gasteiger partial charge on any atom is 0.245 e. The Labute approximate surface area is 88.3 Å². The summed E-state index contributed by atoms with van der Waals surface area (Å²) in [5.74, 6) is -0.610. The van der Waals surface area contributed by atoms with Crippen LogP contribution in [0.5, 0.6) is 0 Å². The molecule has 2 amide bonds. The maximum absolute atomic E-state index is 10.2. The number of amides is 2. The van der Waals surface area contributed by atoms with Crippen LogP contribution in [0, 0.1) is 0 Å². The molecule has 86 valence electrons. The van der Waals surface area contributed by atoms with Crippen molar-refractivity contribution in [2.45, 2.75) is 0 Å². The normalized spacial score (nSPS) is 7.87. The molecule has 15 heavy (non-hydrogen) atoms. The Morgan fingerprint density at radius 3 is 1.80 bits per heavy atom. The molecule has 0 atom stereocenters. The van der Waals surface area contributed by atoms with Gasteiger partial charge in [0.2, 0.25) is 11.8 Å². The fourth-order valence-electron chi connectivity index (χ4n) is 0.401. The van der Waals surface area contributed by atoms with Gasteiger partial charge in [-0.05, 0) is 12.2 Å². The van der Waals surface area contributed by atoms with Gasteiger partial charge in [-0.3, -0.25) is 9.59 Å². The van der Waals surface area contributed by atoms with E-state index in [0.29, 0.717) is 6.54 Å². The highest BCUT2D eigenvalue weighted by Crippen LogP contribution is 1.62. The van der Waals surface area contributed by atoms with Gasteiger partial charge in [0.25, 0.3) is 0 Å². The van der Waals surface area contributed by atoms with Crippen molar-refractivity contribution in [3.63, 3.8) is 0 Å². The molecule has 4 N–H and O–H groups in total. The number of aliphatic hydroxyl groups is 2. The summed E-state index contributed by atoms with van der Waals surface area (Å²) in [7, 11) is 0. The van der Waals surface area contributed by atoms with Crippen LogP contribution in [0.4, 0.5) is 0 Å². The van der Waals surface area contributed by atoms with Gasteiger partial charge >= 0.3 is 0 Å². The average molecular weight is 216 g/mol. The molecular weight excluding hydrogens is 200 g/mol. The molecule has 0 radical (unpaired) electrons. The molecule has 0 aromatic heterocycles. The van der Waals surface area contributed by atoms with Crippen LogP contribution < -0.4 is 10.6 Å². The van der Waals surface area contributed by atoms with E-state index in [-0.39, 0.29) is 25.2 Å². The maximum atomic E-state index is 10.2. The van der Waals surface area contributed by atoms with E-state index in [1.54, 1.807) is 0 Å². The molecule has 0 fully saturated rings. The summed E-state index contributed by atoms with van der Waals surface area (Å²) in [5, 5.41) is 20.6. The first-order valence-electron chi connectivity index (χ1n) is 4.14. The largest absolute Gasteiger partial charge is 0.395 e. The van der Waals surface area contributed by atoms with E-state index in [1.807, 2.05) is 0 Å². The van der Waals surface area contributed by atoms with Gasteiger partial charge in [0.15, 0.2) is 0 Å². The summed E-state index contributed by atoms with van der Waals surface area (Å²) in [6.45, 7) is 6.32. The van der Waals surface area contributed by atoms with Gasteiger partial charge < -0.3 is 20.8 Å². The Bertz CT molecular complexity index is 216. The Morgan fingerprint density at radius 2 is 1.53 bits per heavy atom. The molecule has 0 rings (SSSR count). The lowest BCUT2D eigenvalue weighted by atomic mass is 10.5. The van der Waals surface area contributed by atoms with Crippen LogP contribution in [0.3, 0.4) is 0 Å². The molecule has 0 saturated carbocycles. The zero-order chi connectivity index (χ0) is 12.1. The minimum atomic E-state index is -0.359. The van der Waals surface area contributed by atoms with Gasteiger partial charge in [0, 0.05) is 6.54 Å². The fourth-order valence-corrected chi connectivity index (χ4v) is 0.401. The topological polar surface area (TPSA) is 98.7 Å². The summed E-state index contributed by atoms with van der Waals surface area (Å²) >= 11 is 0. The van der Waals surface area contributed by atoms with Crippen LogP contribution in [0.25, 0.3) is 0 Å². The number of rotatable bonds is 5. The number of carbonyl (C=O) groups is 2. The fraction of sp³-hybridized carbons (Fsp3) is 0.333.